The van der Waals surface area contributed by atoms with Crippen LogP contribution in [-0.2, 0) is 11.2 Å². The van der Waals surface area contributed by atoms with Gasteiger partial charge in [-0.3, -0.25) is 4.79 Å². The van der Waals surface area contributed by atoms with Crippen molar-refractivity contribution in [1.29, 1.82) is 0 Å². The van der Waals surface area contributed by atoms with Crippen LogP contribution in [0.2, 0.25) is 0 Å². The molecule has 2 rings (SSSR count). The molecule has 0 aliphatic carbocycles. The van der Waals surface area contributed by atoms with Crippen LogP contribution in [0.25, 0.3) is 0 Å². The molecule has 1 aromatic rings. The highest BCUT2D eigenvalue weighted by Gasteiger charge is 2.21. The Morgan fingerprint density at radius 3 is 3.27 bits per heavy atom. The first kappa shape index (κ1) is 10.2. The Labute approximate surface area is 89.0 Å². The molecule has 4 heteroatoms. The van der Waals surface area contributed by atoms with E-state index >= 15 is 0 Å². The van der Waals surface area contributed by atoms with Crippen molar-refractivity contribution in [1.82, 2.24) is 10.6 Å². The predicted molar refractivity (Wildman–Crippen MR) is 56.4 cm³/mol. The molecule has 4 nitrogen and oxygen atoms in total. The molecule has 0 bridgehead atoms. The van der Waals surface area contributed by atoms with Crippen molar-refractivity contribution in [2.45, 2.75) is 12.8 Å². The molecule has 82 valence electrons. The number of hydrogen-bond donors (Lipinski definition) is 2. The summed E-state index contributed by atoms with van der Waals surface area (Å²) in [6, 6.07) is 3.78. The van der Waals surface area contributed by atoms with Gasteiger partial charge in [0, 0.05) is 19.5 Å². The number of furan rings is 1. The van der Waals surface area contributed by atoms with Gasteiger partial charge in [0.15, 0.2) is 0 Å². The van der Waals surface area contributed by atoms with Gasteiger partial charge in [0.05, 0.1) is 12.2 Å². The van der Waals surface area contributed by atoms with E-state index in [0.29, 0.717) is 6.54 Å². The fourth-order valence-electron chi connectivity index (χ4n) is 1.79. The van der Waals surface area contributed by atoms with Crippen LogP contribution in [0, 0.1) is 5.92 Å². The Hall–Kier alpha value is -1.29. The van der Waals surface area contributed by atoms with E-state index in [2.05, 4.69) is 10.6 Å². The minimum atomic E-state index is 0.154. The molecule has 0 saturated carbocycles. The maximum Gasteiger partial charge on any atom is 0.224 e. The van der Waals surface area contributed by atoms with Crippen LogP contribution in [0.5, 0.6) is 0 Å². The summed E-state index contributed by atoms with van der Waals surface area (Å²) in [5, 5.41) is 6.10. The van der Waals surface area contributed by atoms with Crippen molar-refractivity contribution in [2.24, 2.45) is 5.92 Å². The molecule has 1 aromatic heterocycles. The number of amides is 1. The minimum absolute atomic E-state index is 0.154. The van der Waals surface area contributed by atoms with E-state index in [9.17, 15) is 4.79 Å². The number of nitrogens with one attached hydrogen (secondary N) is 2. The van der Waals surface area contributed by atoms with E-state index in [1.807, 2.05) is 12.1 Å². The summed E-state index contributed by atoms with van der Waals surface area (Å²) in [5.41, 5.74) is 0. The van der Waals surface area contributed by atoms with Crippen molar-refractivity contribution < 1.29 is 9.21 Å². The van der Waals surface area contributed by atoms with E-state index in [1.165, 1.54) is 0 Å². The lowest BCUT2D eigenvalue weighted by Crippen LogP contribution is -2.33. The SMILES string of the molecule is O=C(NCCc1ccco1)C1CCNC1. The van der Waals surface area contributed by atoms with E-state index in [1.54, 1.807) is 6.26 Å². The molecule has 0 radical (unpaired) electrons. The Morgan fingerprint density at radius 2 is 2.60 bits per heavy atom. The van der Waals surface area contributed by atoms with Crippen LogP contribution in [-0.4, -0.2) is 25.5 Å². The fourth-order valence-corrected chi connectivity index (χ4v) is 1.79. The van der Waals surface area contributed by atoms with Crippen LogP contribution < -0.4 is 10.6 Å². The Balaban J connectivity index is 1.67. The Morgan fingerprint density at radius 1 is 1.67 bits per heavy atom. The topological polar surface area (TPSA) is 54.3 Å². The van der Waals surface area contributed by atoms with Crippen molar-refractivity contribution >= 4 is 5.91 Å². The molecular formula is C11H16N2O2. The molecule has 1 aliphatic heterocycles. The zero-order valence-electron chi connectivity index (χ0n) is 8.66. The average Bonchev–Trinajstić information content (AvgIpc) is 2.90. The third kappa shape index (κ3) is 2.83. The van der Waals surface area contributed by atoms with Crippen LogP contribution in [0.3, 0.4) is 0 Å². The van der Waals surface area contributed by atoms with Gasteiger partial charge in [0.2, 0.25) is 5.91 Å². The minimum Gasteiger partial charge on any atom is -0.469 e. The zero-order valence-corrected chi connectivity index (χ0v) is 8.66. The number of rotatable bonds is 4. The van der Waals surface area contributed by atoms with Crippen LogP contribution in [0.4, 0.5) is 0 Å². The Kier molecular flexibility index (Phi) is 3.40. The van der Waals surface area contributed by atoms with E-state index in [-0.39, 0.29) is 11.8 Å². The van der Waals surface area contributed by atoms with Gasteiger partial charge in [0.1, 0.15) is 5.76 Å². The summed E-state index contributed by atoms with van der Waals surface area (Å²) < 4.78 is 5.18. The fraction of sp³-hybridized carbons (Fsp3) is 0.545. The lowest BCUT2D eigenvalue weighted by molar-refractivity contribution is -0.124. The highest BCUT2D eigenvalue weighted by Crippen LogP contribution is 2.07. The third-order valence-electron chi connectivity index (χ3n) is 2.68. The summed E-state index contributed by atoms with van der Waals surface area (Å²) in [7, 11) is 0. The molecule has 2 N–H and O–H groups in total. The van der Waals surface area contributed by atoms with Gasteiger partial charge < -0.3 is 15.1 Å². The summed E-state index contributed by atoms with van der Waals surface area (Å²) in [5.74, 6) is 1.23. The summed E-state index contributed by atoms with van der Waals surface area (Å²) in [4.78, 5) is 11.6. The van der Waals surface area contributed by atoms with Crippen molar-refractivity contribution in [3.05, 3.63) is 24.2 Å². The van der Waals surface area contributed by atoms with Gasteiger partial charge in [-0.05, 0) is 25.1 Å². The van der Waals surface area contributed by atoms with E-state index < -0.39 is 0 Å². The third-order valence-corrected chi connectivity index (χ3v) is 2.68. The van der Waals surface area contributed by atoms with E-state index in [0.717, 1.165) is 31.7 Å². The molecule has 1 fully saturated rings. The molecular weight excluding hydrogens is 192 g/mol. The van der Waals surface area contributed by atoms with Gasteiger partial charge in [-0.15, -0.1) is 0 Å². The summed E-state index contributed by atoms with van der Waals surface area (Å²) in [6.07, 6.45) is 3.36. The number of carbonyl (C=O) groups excluding carboxylic acids is 1. The Bertz CT molecular complexity index is 302. The number of carbonyl (C=O) groups is 1. The molecule has 1 atom stereocenters. The molecule has 2 heterocycles. The quantitative estimate of drug-likeness (QED) is 0.759. The molecule has 0 spiro atoms. The molecule has 1 amide bonds. The largest absolute Gasteiger partial charge is 0.469 e. The summed E-state index contributed by atoms with van der Waals surface area (Å²) in [6.45, 7) is 2.42. The van der Waals surface area contributed by atoms with Gasteiger partial charge >= 0.3 is 0 Å². The normalized spacial score (nSPS) is 20.4. The lowest BCUT2D eigenvalue weighted by atomic mass is 10.1. The zero-order chi connectivity index (χ0) is 10.5. The first-order valence-electron chi connectivity index (χ1n) is 5.37. The molecule has 15 heavy (non-hydrogen) atoms. The highest BCUT2D eigenvalue weighted by molar-refractivity contribution is 5.79. The van der Waals surface area contributed by atoms with Crippen molar-refractivity contribution in [2.75, 3.05) is 19.6 Å². The number of hydrogen-bond acceptors (Lipinski definition) is 3. The lowest BCUT2D eigenvalue weighted by Gasteiger charge is -2.08. The van der Waals surface area contributed by atoms with Gasteiger partial charge in [-0.2, -0.15) is 0 Å². The van der Waals surface area contributed by atoms with E-state index in [4.69, 9.17) is 4.42 Å². The molecule has 1 saturated heterocycles. The predicted octanol–water partition coefficient (Wildman–Crippen LogP) is 0.548. The van der Waals surface area contributed by atoms with Gasteiger partial charge in [-0.1, -0.05) is 0 Å². The van der Waals surface area contributed by atoms with Crippen LogP contribution >= 0.6 is 0 Å². The average molecular weight is 208 g/mol. The smallest absolute Gasteiger partial charge is 0.224 e. The second-order valence-corrected chi connectivity index (χ2v) is 3.81. The highest BCUT2D eigenvalue weighted by atomic mass is 16.3. The maximum atomic E-state index is 11.6. The van der Waals surface area contributed by atoms with Gasteiger partial charge in [-0.25, -0.2) is 0 Å². The van der Waals surface area contributed by atoms with Crippen LogP contribution in [0.15, 0.2) is 22.8 Å². The van der Waals surface area contributed by atoms with Gasteiger partial charge in [0.25, 0.3) is 0 Å². The monoisotopic (exact) mass is 208 g/mol. The second kappa shape index (κ2) is 4.98. The molecule has 1 unspecified atom stereocenters. The van der Waals surface area contributed by atoms with Crippen LogP contribution in [0.1, 0.15) is 12.2 Å². The van der Waals surface area contributed by atoms with Crippen molar-refractivity contribution in [3.8, 4) is 0 Å². The second-order valence-electron chi connectivity index (χ2n) is 3.81. The maximum absolute atomic E-state index is 11.6. The molecule has 0 aromatic carbocycles. The summed E-state index contributed by atoms with van der Waals surface area (Å²) >= 11 is 0. The first-order chi connectivity index (χ1) is 7.36. The van der Waals surface area contributed by atoms with Crippen molar-refractivity contribution in [3.63, 3.8) is 0 Å². The first-order valence-corrected chi connectivity index (χ1v) is 5.37. The molecule has 1 aliphatic rings. The standard InChI is InChI=1S/C11H16N2O2/c14-11(9-3-5-12-8-9)13-6-4-10-2-1-7-15-10/h1-2,7,9,12H,3-6,8H2,(H,13,14).